The third-order valence-electron chi connectivity index (χ3n) is 5.45. The van der Waals surface area contributed by atoms with Crippen molar-refractivity contribution in [2.24, 2.45) is 23.6 Å². The summed E-state index contributed by atoms with van der Waals surface area (Å²) >= 11 is 0. The van der Waals surface area contributed by atoms with Crippen LogP contribution in [0.4, 0.5) is 0 Å². The van der Waals surface area contributed by atoms with E-state index in [1.54, 1.807) is 0 Å². The Kier molecular flexibility index (Phi) is 3.01. The molecule has 20 heavy (non-hydrogen) atoms. The highest BCUT2D eigenvalue weighted by Gasteiger charge is 2.54. The first-order chi connectivity index (χ1) is 9.90. The summed E-state index contributed by atoms with van der Waals surface area (Å²) < 4.78 is 0. The fraction of sp³-hybridized carbons (Fsp3) is 0.444. The van der Waals surface area contributed by atoms with Crippen molar-refractivity contribution in [3.8, 4) is 0 Å². The lowest BCUT2D eigenvalue weighted by Gasteiger charge is -2.19. The van der Waals surface area contributed by atoms with Crippen LogP contribution in [0, 0.1) is 17.8 Å². The molecule has 2 aromatic carbocycles. The highest BCUT2D eigenvalue weighted by atomic mass is 15.2. The third-order valence-corrected chi connectivity index (χ3v) is 5.45. The summed E-state index contributed by atoms with van der Waals surface area (Å²) in [6.07, 6.45) is 5.62. The van der Waals surface area contributed by atoms with Gasteiger partial charge in [0.25, 0.3) is 0 Å². The normalized spacial score (nSPS) is 29.9. The number of hydrazine groups is 1. The highest BCUT2D eigenvalue weighted by molar-refractivity contribution is 5.86. The van der Waals surface area contributed by atoms with Gasteiger partial charge in [0.2, 0.25) is 0 Å². The SMILES string of the molecule is NNC(c1cccc2ccccc12)C1C2CCCCC21. The van der Waals surface area contributed by atoms with E-state index in [1.165, 1.54) is 42.0 Å². The molecule has 4 rings (SSSR count). The molecule has 0 saturated heterocycles. The molecule has 2 nitrogen and oxygen atoms in total. The van der Waals surface area contributed by atoms with Crippen LogP contribution < -0.4 is 11.3 Å². The number of hydrogen-bond acceptors (Lipinski definition) is 2. The molecule has 0 aliphatic heterocycles. The maximum absolute atomic E-state index is 5.94. The van der Waals surface area contributed by atoms with Gasteiger partial charge >= 0.3 is 0 Å². The molecule has 0 aromatic heterocycles. The maximum Gasteiger partial charge on any atom is 0.0499 e. The molecular weight excluding hydrogens is 244 g/mol. The molecule has 0 amide bonds. The van der Waals surface area contributed by atoms with Crippen LogP contribution in [0.5, 0.6) is 0 Å². The minimum atomic E-state index is 0.314. The van der Waals surface area contributed by atoms with Gasteiger partial charge in [-0.25, -0.2) is 0 Å². The van der Waals surface area contributed by atoms with Gasteiger partial charge in [0.1, 0.15) is 0 Å². The molecule has 0 spiro atoms. The van der Waals surface area contributed by atoms with Crippen LogP contribution in [0.1, 0.15) is 37.3 Å². The lowest BCUT2D eigenvalue weighted by atomic mass is 9.95. The average molecular weight is 266 g/mol. The molecule has 2 fully saturated rings. The van der Waals surface area contributed by atoms with E-state index in [4.69, 9.17) is 5.84 Å². The standard InChI is InChI=1S/C18H22N2/c19-20-18(17-14-9-3-4-10-15(14)17)16-11-5-7-12-6-1-2-8-13(12)16/h1-2,5-8,11,14-15,17-18,20H,3-4,9-10,19H2. The molecule has 2 saturated carbocycles. The molecule has 3 unspecified atom stereocenters. The van der Waals surface area contributed by atoms with E-state index in [2.05, 4.69) is 47.9 Å². The summed E-state index contributed by atoms with van der Waals surface area (Å²) in [5.41, 5.74) is 4.51. The Hall–Kier alpha value is -1.38. The second-order valence-electron chi connectivity index (χ2n) is 6.40. The number of rotatable bonds is 3. The average Bonchev–Trinajstić information content (AvgIpc) is 3.23. The minimum Gasteiger partial charge on any atom is -0.271 e. The van der Waals surface area contributed by atoms with Crippen molar-refractivity contribution in [1.29, 1.82) is 0 Å². The largest absolute Gasteiger partial charge is 0.271 e. The van der Waals surface area contributed by atoms with E-state index in [0.29, 0.717) is 6.04 Å². The van der Waals surface area contributed by atoms with Gasteiger partial charge in [-0.3, -0.25) is 11.3 Å². The van der Waals surface area contributed by atoms with Gasteiger partial charge in [-0.1, -0.05) is 55.3 Å². The van der Waals surface area contributed by atoms with Crippen LogP contribution in [0.3, 0.4) is 0 Å². The fourth-order valence-corrected chi connectivity index (χ4v) is 4.47. The van der Waals surface area contributed by atoms with E-state index in [1.807, 2.05) is 0 Å². The summed E-state index contributed by atoms with van der Waals surface area (Å²) in [4.78, 5) is 0. The topological polar surface area (TPSA) is 38.0 Å². The Bertz CT molecular complexity index is 604. The molecule has 2 aliphatic rings. The maximum atomic E-state index is 5.94. The predicted octanol–water partition coefficient (Wildman–Crippen LogP) is 3.78. The van der Waals surface area contributed by atoms with Crippen LogP contribution in [0.25, 0.3) is 10.8 Å². The summed E-state index contributed by atoms with van der Waals surface area (Å²) in [6, 6.07) is 15.5. The number of nitrogens with two attached hydrogens (primary N) is 1. The molecule has 0 radical (unpaired) electrons. The van der Waals surface area contributed by atoms with Gasteiger partial charge in [-0.2, -0.15) is 0 Å². The van der Waals surface area contributed by atoms with Crippen LogP contribution in [0.15, 0.2) is 42.5 Å². The molecule has 104 valence electrons. The first-order valence-corrected chi connectivity index (χ1v) is 7.84. The van der Waals surface area contributed by atoms with E-state index in [0.717, 1.165) is 17.8 Å². The van der Waals surface area contributed by atoms with Crippen molar-refractivity contribution in [3.63, 3.8) is 0 Å². The van der Waals surface area contributed by atoms with Crippen LogP contribution in [0.2, 0.25) is 0 Å². The van der Waals surface area contributed by atoms with Crippen molar-refractivity contribution in [3.05, 3.63) is 48.0 Å². The van der Waals surface area contributed by atoms with Gasteiger partial charge in [0.15, 0.2) is 0 Å². The second-order valence-corrected chi connectivity index (χ2v) is 6.40. The summed E-state index contributed by atoms with van der Waals surface area (Å²) in [6.45, 7) is 0. The number of fused-ring (bicyclic) bond motifs is 2. The Morgan fingerprint density at radius 1 is 0.950 bits per heavy atom. The molecule has 2 heteroatoms. The Labute approximate surface area is 120 Å². The smallest absolute Gasteiger partial charge is 0.0499 e. The zero-order valence-electron chi connectivity index (χ0n) is 11.8. The minimum absolute atomic E-state index is 0.314. The van der Waals surface area contributed by atoms with E-state index in [9.17, 15) is 0 Å². The molecule has 0 heterocycles. The molecule has 0 bridgehead atoms. The van der Waals surface area contributed by atoms with Crippen molar-refractivity contribution >= 4 is 10.8 Å². The Balaban J connectivity index is 1.73. The van der Waals surface area contributed by atoms with Crippen molar-refractivity contribution in [2.75, 3.05) is 0 Å². The zero-order valence-corrected chi connectivity index (χ0v) is 11.8. The van der Waals surface area contributed by atoms with Crippen LogP contribution in [-0.2, 0) is 0 Å². The molecule has 3 N–H and O–H groups in total. The zero-order chi connectivity index (χ0) is 13.5. The van der Waals surface area contributed by atoms with Gasteiger partial charge in [-0.05, 0) is 46.9 Å². The van der Waals surface area contributed by atoms with Crippen LogP contribution >= 0.6 is 0 Å². The van der Waals surface area contributed by atoms with Crippen molar-refractivity contribution < 1.29 is 0 Å². The Morgan fingerprint density at radius 2 is 1.65 bits per heavy atom. The van der Waals surface area contributed by atoms with E-state index in [-0.39, 0.29) is 0 Å². The van der Waals surface area contributed by atoms with Crippen molar-refractivity contribution in [1.82, 2.24) is 5.43 Å². The first-order valence-electron chi connectivity index (χ1n) is 7.84. The summed E-state index contributed by atoms with van der Waals surface area (Å²) in [5, 5.41) is 2.66. The fourth-order valence-electron chi connectivity index (χ4n) is 4.47. The number of benzene rings is 2. The molecular formula is C18H22N2. The van der Waals surface area contributed by atoms with Crippen molar-refractivity contribution in [2.45, 2.75) is 31.7 Å². The third kappa shape index (κ3) is 1.87. The molecule has 3 atom stereocenters. The monoisotopic (exact) mass is 266 g/mol. The quantitative estimate of drug-likeness (QED) is 0.655. The Morgan fingerprint density at radius 3 is 2.40 bits per heavy atom. The predicted molar refractivity (Wildman–Crippen MR) is 83.0 cm³/mol. The summed E-state index contributed by atoms with van der Waals surface area (Å²) in [7, 11) is 0. The van der Waals surface area contributed by atoms with E-state index < -0.39 is 0 Å². The lowest BCUT2D eigenvalue weighted by molar-refractivity contribution is 0.459. The molecule has 2 aliphatic carbocycles. The van der Waals surface area contributed by atoms with Gasteiger partial charge in [0.05, 0.1) is 0 Å². The summed E-state index contributed by atoms with van der Waals surface area (Å²) in [5.74, 6) is 8.50. The number of nitrogens with one attached hydrogen (secondary N) is 1. The first kappa shape index (κ1) is 12.4. The van der Waals surface area contributed by atoms with E-state index >= 15 is 0 Å². The van der Waals surface area contributed by atoms with Gasteiger partial charge < -0.3 is 0 Å². The number of hydrogen-bond donors (Lipinski definition) is 2. The van der Waals surface area contributed by atoms with Gasteiger partial charge in [0, 0.05) is 6.04 Å². The lowest BCUT2D eigenvalue weighted by Crippen LogP contribution is -2.30. The highest BCUT2D eigenvalue weighted by Crippen LogP contribution is 2.60. The van der Waals surface area contributed by atoms with Gasteiger partial charge in [-0.15, -0.1) is 0 Å². The van der Waals surface area contributed by atoms with Crippen LogP contribution in [-0.4, -0.2) is 0 Å². The second kappa shape index (κ2) is 4.87. The molecule has 2 aromatic rings.